The van der Waals surface area contributed by atoms with Crippen LogP contribution in [0.4, 0.5) is 4.39 Å². The third-order valence-electron chi connectivity index (χ3n) is 4.22. The highest BCUT2D eigenvalue weighted by Crippen LogP contribution is 2.27. The van der Waals surface area contributed by atoms with E-state index in [1.165, 1.54) is 12.1 Å². The van der Waals surface area contributed by atoms with Crippen LogP contribution in [-0.4, -0.2) is 44.3 Å². The number of hydrogen-bond donors (Lipinski definition) is 1. The SMILES string of the molecule is C=NOc1cc(F)ccc1CC1CCN(CCNCC#N)CC1. The Morgan fingerprint density at radius 1 is 1.43 bits per heavy atom. The Morgan fingerprint density at radius 3 is 2.91 bits per heavy atom. The van der Waals surface area contributed by atoms with E-state index in [-0.39, 0.29) is 5.82 Å². The second-order valence-corrected chi connectivity index (χ2v) is 5.80. The predicted octanol–water partition coefficient (Wildman–Crippen LogP) is 2.19. The molecule has 0 aromatic heterocycles. The van der Waals surface area contributed by atoms with Gasteiger partial charge in [-0.1, -0.05) is 11.2 Å². The van der Waals surface area contributed by atoms with Crippen LogP contribution in [0.2, 0.25) is 0 Å². The molecule has 1 aliphatic heterocycles. The van der Waals surface area contributed by atoms with Gasteiger partial charge < -0.3 is 15.1 Å². The first-order valence-electron chi connectivity index (χ1n) is 7.94. The standard InChI is InChI=1S/C17H23FN4O/c1-20-23-17-13-16(18)3-2-15(17)12-14-4-9-22(10-5-14)11-8-21-7-6-19/h2-3,13-14,21H,1,4-5,7-12H2. The van der Waals surface area contributed by atoms with Gasteiger partial charge in [-0.2, -0.15) is 5.26 Å². The van der Waals surface area contributed by atoms with E-state index in [4.69, 9.17) is 10.1 Å². The third-order valence-corrected chi connectivity index (χ3v) is 4.22. The number of nitrogens with zero attached hydrogens (tertiary/aromatic N) is 3. The van der Waals surface area contributed by atoms with Gasteiger partial charge in [-0.3, -0.25) is 0 Å². The molecule has 1 heterocycles. The van der Waals surface area contributed by atoms with Crippen molar-refractivity contribution in [1.29, 1.82) is 5.26 Å². The molecule has 0 amide bonds. The zero-order chi connectivity index (χ0) is 16.5. The number of likely N-dealkylation sites (tertiary alicyclic amines) is 1. The Hall–Kier alpha value is -1.97. The normalized spacial score (nSPS) is 16.0. The van der Waals surface area contributed by atoms with Crippen molar-refractivity contribution in [2.24, 2.45) is 11.1 Å². The zero-order valence-electron chi connectivity index (χ0n) is 13.3. The fourth-order valence-electron chi connectivity index (χ4n) is 2.96. The number of nitrogens with one attached hydrogen (secondary N) is 1. The maximum Gasteiger partial charge on any atom is 0.164 e. The molecule has 0 atom stereocenters. The van der Waals surface area contributed by atoms with Crippen LogP contribution in [0.5, 0.6) is 5.75 Å². The number of piperidine rings is 1. The molecule has 1 N–H and O–H groups in total. The molecule has 1 aromatic rings. The quantitative estimate of drug-likeness (QED) is 0.345. The summed E-state index contributed by atoms with van der Waals surface area (Å²) in [6.07, 6.45) is 3.08. The topological polar surface area (TPSA) is 60.6 Å². The first-order valence-corrected chi connectivity index (χ1v) is 7.94. The fraction of sp³-hybridized carbons (Fsp3) is 0.529. The van der Waals surface area contributed by atoms with Gasteiger partial charge in [-0.05, 0) is 49.9 Å². The van der Waals surface area contributed by atoms with Crippen molar-refractivity contribution in [3.8, 4) is 11.8 Å². The molecule has 0 unspecified atom stereocenters. The Balaban J connectivity index is 1.80. The van der Waals surface area contributed by atoms with Crippen molar-refractivity contribution >= 4 is 6.72 Å². The zero-order valence-corrected chi connectivity index (χ0v) is 13.3. The lowest BCUT2D eigenvalue weighted by Gasteiger charge is -2.32. The van der Waals surface area contributed by atoms with E-state index in [1.54, 1.807) is 6.07 Å². The molecular formula is C17H23FN4O. The van der Waals surface area contributed by atoms with Crippen LogP contribution in [0.3, 0.4) is 0 Å². The molecule has 0 bridgehead atoms. The predicted molar refractivity (Wildman–Crippen MR) is 87.9 cm³/mol. The molecule has 23 heavy (non-hydrogen) atoms. The van der Waals surface area contributed by atoms with E-state index in [0.717, 1.165) is 51.0 Å². The summed E-state index contributed by atoms with van der Waals surface area (Å²) in [6.45, 7) is 7.62. The maximum atomic E-state index is 13.3. The molecule has 6 heteroatoms. The summed E-state index contributed by atoms with van der Waals surface area (Å²) in [5, 5.41) is 15.0. The molecule has 1 saturated heterocycles. The average Bonchev–Trinajstić information content (AvgIpc) is 2.56. The van der Waals surface area contributed by atoms with Gasteiger partial charge in [0.2, 0.25) is 0 Å². The summed E-state index contributed by atoms with van der Waals surface area (Å²) in [5.74, 6) is 0.700. The van der Waals surface area contributed by atoms with Gasteiger partial charge in [-0.25, -0.2) is 4.39 Å². The van der Waals surface area contributed by atoms with Crippen LogP contribution in [0, 0.1) is 23.1 Å². The molecule has 124 valence electrons. The molecule has 1 aliphatic rings. The summed E-state index contributed by atoms with van der Waals surface area (Å²) < 4.78 is 13.3. The van der Waals surface area contributed by atoms with E-state index < -0.39 is 0 Å². The summed E-state index contributed by atoms with van der Waals surface area (Å²) in [7, 11) is 0. The van der Waals surface area contributed by atoms with E-state index >= 15 is 0 Å². The van der Waals surface area contributed by atoms with Crippen LogP contribution in [0.25, 0.3) is 0 Å². The second-order valence-electron chi connectivity index (χ2n) is 5.80. The van der Waals surface area contributed by atoms with Crippen LogP contribution in [0.1, 0.15) is 18.4 Å². The van der Waals surface area contributed by atoms with Crippen molar-refractivity contribution in [2.45, 2.75) is 19.3 Å². The molecule has 0 saturated carbocycles. The van der Waals surface area contributed by atoms with Crippen LogP contribution in [0.15, 0.2) is 23.4 Å². The third kappa shape index (κ3) is 5.62. The lowest BCUT2D eigenvalue weighted by atomic mass is 9.90. The molecule has 0 spiro atoms. The van der Waals surface area contributed by atoms with Gasteiger partial charge in [-0.15, -0.1) is 0 Å². The Kier molecular flexibility index (Phi) is 6.98. The van der Waals surface area contributed by atoms with Gasteiger partial charge in [0.25, 0.3) is 0 Å². The molecule has 1 fully saturated rings. The van der Waals surface area contributed by atoms with Crippen molar-refractivity contribution in [3.05, 3.63) is 29.6 Å². The summed E-state index contributed by atoms with van der Waals surface area (Å²) in [6, 6.07) is 6.67. The van der Waals surface area contributed by atoms with Gasteiger partial charge in [0.15, 0.2) is 5.75 Å². The lowest BCUT2D eigenvalue weighted by molar-refractivity contribution is 0.184. The number of benzene rings is 1. The largest absolute Gasteiger partial charge is 0.357 e. The number of rotatable bonds is 8. The smallest absolute Gasteiger partial charge is 0.164 e. The Labute approximate surface area is 136 Å². The van der Waals surface area contributed by atoms with Gasteiger partial charge >= 0.3 is 0 Å². The Morgan fingerprint density at radius 2 is 2.22 bits per heavy atom. The van der Waals surface area contributed by atoms with E-state index in [0.29, 0.717) is 18.2 Å². The van der Waals surface area contributed by atoms with E-state index in [9.17, 15) is 4.39 Å². The Bertz CT molecular complexity index is 550. The highest BCUT2D eigenvalue weighted by Gasteiger charge is 2.20. The van der Waals surface area contributed by atoms with Crippen LogP contribution < -0.4 is 10.2 Å². The van der Waals surface area contributed by atoms with Crippen LogP contribution in [-0.2, 0) is 6.42 Å². The fourth-order valence-corrected chi connectivity index (χ4v) is 2.96. The lowest BCUT2D eigenvalue weighted by Crippen LogP contribution is -2.38. The van der Waals surface area contributed by atoms with Crippen molar-refractivity contribution < 1.29 is 9.23 Å². The van der Waals surface area contributed by atoms with Gasteiger partial charge in [0.05, 0.1) is 12.6 Å². The van der Waals surface area contributed by atoms with Crippen molar-refractivity contribution in [3.63, 3.8) is 0 Å². The average molecular weight is 318 g/mol. The number of oxime groups is 1. The number of nitriles is 1. The molecular weight excluding hydrogens is 295 g/mol. The summed E-state index contributed by atoms with van der Waals surface area (Å²) >= 11 is 0. The highest BCUT2D eigenvalue weighted by molar-refractivity contribution is 5.35. The highest BCUT2D eigenvalue weighted by atomic mass is 19.1. The van der Waals surface area contributed by atoms with Gasteiger partial charge in [0.1, 0.15) is 5.82 Å². The van der Waals surface area contributed by atoms with E-state index in [1.807, 2.05) is 0 Å². The van der Waals surface area contributed by atoms with Gasteiger partial charge in [0, 0.05) is 25.9 Å². The minimum Gasteiger partial charge on any atom is -0.357 e. The second kappa shape index (κ2) is 9.23. The molecule has 2 rings (SSSR count). The van der Waals surface area contributed by atoms with Crippen molar-refractivity contribution in [2.75, 3.05) is 32.7 Å². The summed E-state index contributed by atoms with van der Waals surface area (Å²) in [5.41, 5.74) is 0.980. The molecule has 0 aliphatic carbocycles. The summed E-state index contributed by atoms with van der Waals surface area (Å²) in [4.78, 5) is 7.50. The number of hydrogen-bond acceptors (Lipinski definition) is 5. The molecule has 1 aromatic carbocycles. The van der Waals surface area contributed by atoms with Crippen LogP contribution >= 0.6 is 0 Å². The molecule has 5 nitrogen and oxygen atoms in total. The minimum absolute atomic E-state index is 0.327. The molecule has 0 radical (unpaired) electrons. The van der Waals surface area contributed by atoms with Crippen molar-refractivity contribution in [1.82, 2.24) is 10.2 Å². The number of halogens is 1. The van der Waals surface area contributed by atoms with E-state index in [2.05, 4.69) is 28.2 Å². The first kappa shape index (κ1) is 17.4. The monoisotopic (exact) mass is 318 g/mol. The maximum absolute atomic E-state index is 13.3. The minimum atomic E-state index is -0.327. The first-order chi connectivity index (χ1) is 11.2.